The molecule has 18 heavy (non-hydrogen) atoms. The number of nitrogens with zero attached hydrogens (tertiary/aromatic N) is 1. The molecule has 1 aliphatic carbocycles. The molecule has 3 atom stereocenters. The zero-order valence-electron chi connectivity index (χ0n) is 10.2. The highest BCUT2D eigenvalue weighted by molar-refractivity contribution is 5.72. The number of aliphatic hydroxyl groups excluding tert-OH is 1. The van der Waals surface area contributed by atoms with Gasteiger partial charge in [-0.15, -0.1) is 0 Å². The molecule has 0 spiro atoms. The molecule has 4 heteroatoms. The summed E-state index contributed by atoms with van der Waals surface area (Å²) in [5, 5.41) is 20.5. The van der Waals surface area contributed by atoms with Crippen molar-refractivity contribution in [3.8, 4) is 0 Å². The van der Waals surface area contributed by atoms with Crippen LogP contribution in [0.2, 0.25) is 0 Å². The molecule has 1 aromatic carbocycles. The van der Waals surface area contributed by atoms with Crippen LogP contribution in [0.15, 0.2) is 42.5 Å². The van der Waals surface area contributed by atoms with E-state index < -0.39 is 6.10 Å². The maximum atomic E-state index is 11.1. The first kappa shape index (κ1) is 12.8. The SMILES string of the molecule is CC(=O)N(O)[C@H]1C=C[C@H](C(O)c2ccccc2)C1. The Hall–Kier alpha value is -1.65. The van der Waals surface area contributed by atoms with Gasteiger partial charge in [-0.2, -0.15) is 0 Å². The zero-order chi connectivity index (χ0) is 13.1. The molecular weight excluding hydrogens is 230 g/mol. The van der Waals surface area contributed by atoms with Gasteiger partial charge in [-0.25, -0.2) is 5.06 Å². The van der Waals surface area contributed by atoms with Crippen molar-refractivity contribution in [2.24, 2.45) is 5.92 Å². The first-order valence-electron chi connectivity index (χ1n) is 5.99. The van der Waals surface area contributed by atoms with Crippen molar-refractivity contribution in [2.45, 2.75) is 25.5 Å². The van der Waals surface area contributed by atoms with Crippen LogP contribution in [-0.2, 0) is 4.79 Å². The second-order valence-corrected chi connectivity index (χ2v) is 4.57. The fourth-order valence-corrected chi connectivity index (χ4v) is 2.25. The largest absolute Gasteiger partial charge is 0.388 e. The standard InChI is InChI=1S/C14H17NO3/c1-10(16)15(18)13-8-7-12(9-13)14(17)11-5-3-2-4-6-11/h2-8,12-14,17-18H,9H2,1H3/t12-,13-,14?/m0/s1. The summed E-state index contributed by atoms with van der Waals surface area (Å²) in [4.78, 5) is 11.1. The molecule has 2 rings (SSSR count). The van der Waals surface area contributed by atoms with Gasteiger partial charge in [0.15, 0.2) is 0 Å². The monoisotopic (exact) mass is 247 g/mol. The predicted molar refractivity (Wildman–Crippen MR) is 66.7 cm³/mol. The molecule has 4 nitrogen and oxygen atoms in total. The lowest BCUT2D eigenvalue weighted by atomic mass is 9.94. The van der Waals surface area contributed by atoms with Gasteiger partial charge in [-0.1, -0.05) is 42.5 Å². The van der Waals surface area contributed by atoms with Gasteiger partial charge in [0.2, 0.25) is 5.91 Å². The summed E-state index contributed by atoms with van der Waals surface area (Å²) in [6.07, 6.45) is 3.55. The average molecular weight is 247 g/mol. The molecule has 0 heterocycles. The van der Waals surface area contributed by atoms with E-state index in [2.05, 4.69) is 0 Å². The van der Waals surface area contributed by atoms with Crippen molar-refractivity contribution in [1.82, 2.24) is 5.06 Å². The molecule has 0 radical (unpaired) electrons. The number of hydrogen-bond acceptors (Lipinski definition) is 3. The first-order chi connectivity index (χ1) is 8.59. The second-order valence-electron chi connectivity index (χ2n) is 4.57. The molecule has 0 bridgehead atoms. The van der Waals surface area contributed by atoms with E-state index in [0.29, 0.717) is 11.5 Å². The van der Waals surface area contributed by atoms with Crippen LogP contribution in [-0.4, -0.2) is 27.3 Å². The molecule has 0 saturated carbocycles. The first-order valence-corrected chi connectivity index (χ1v) is 5.99. The summed E-state index contributed by atoms with van der Waals surface area (Å²) in [6.45, 7) is 1.31. The van der Waals surface area contributed by atoms with Gasteiger partial charge >= 0.3 is 0 Å². The lowest BCUT2D eigenvalue weighted by molar-refractivity contribution is -0.169. The highest BCUT2D eigenvalue weighted by atomic mass is 16.5. The van der Waals surface area contributed by atoms with E-state index in [-0.39, 0.29) is 17.9 Å². The molecule has 0 fully saturated rings. The highest BCUT2D eigenvalue weighted by Crippen LogP contribution is 2.32. The minimum Gasteiger partial charge on any atom is -0.388 e. The van der Waals surface area contributed by atoms with Gasteiger partial charge in [0, 0.05) is 12.8 Å². The van der Waals surface area contributed by atoms with Gasteiger partial charge in [0.25, 0.3) is 0 Å². The fourth-order valence-electron chi connectivity index (χ4n) is 2.25. The minimum absolute atomic E-state index is 0.0774. The van der Waals surface area contributed by atoms with Crippen LogP contribution in [0.25, 0.3) is 0 Å². The van der Waals surface area contributed by atoms with E-state index in [1.54, 1.807) is 6.08 Å². The summed E-state index contributed by atoms with van der Waals surface area (Å²) in [5.41, 5.74) is 0.847. The number of hydrogen-bond donors (Lipinski definition) is 2. The molecule has 1 unspecified atom stereocenters. The summed E-state index contributed by atoms with van der Waals surface area (Å²) < 4.78 is 0. The van der Waals surface area contributed by atoms with Crippen LogP contribution in [0.3, 0.4) is 0 Å². The number of hydroxylamine groups is 2. The van der Waals surface area contributed by atoms with Crippen molar-refractivity contribution >= 4 is 5.91 Å². The number of amides is 1. The number of benzene rings is 1. The maximum Gasteiger partial charge on any atom is 0.243 e. The quantitative estimate of drug-likeness (QED) is 0.487. The molecule has 1 amide bonds. The van der Waals surface area contributed by atoms with Crippen molar-refractivity contribution in [3.05, 3.63) is 48.0 Å². The van der Waals surface area contributed by atoms with Crippen molar-refractivity contribution < 1.29 is 15.1 Å². The third-order valence-electron chi connectivity index (χ3n) is 3.28. The van der Waals surface area contributed by atoms with Crippen LogP contribution in [0, 0.1) is 5.92 Å². The Kier molecular flexibility index (Phi) is 3.79. The van der Waals surface area contributed by atoms with Crippen LogP contribution in [0.5, 0.6) is 0 Å². The third kappa shape index (κ3) is 2.60. The Morgan fingerprint density at radius 2 is 2.00 bits per heavy atom. The molecule has 1 aromatic rings. The Labute approximate surface area is 106 Å². The van der Waals surface area contributed by atoms with Gasteiger partial charge in [-0.05, 0) is 12.0 Å². The molecular formula is C14H17NO3. The Balaban J connectivity index is 2.02. The van der Waals surface area contributed by atoms with Crippen LogP contribution in [0.1, 0.15) is 25.0 Å². The van der Waals surface area contributed by atoms with Crippen LogP contribution >= 0.6 is 0 Å². The van der Waals surface area contributed by atoms with Crippen molar-refractivity contribution in [2.75, 3.05) is 0 Å². The van der Waals surface area contributed by atoms with Crippen molar-refractivity contribution in [3.63, 3.8) is 0 Å². The number of carbonyl (C=O) groups excluding carboxylic acids is 1. The van der Waals surface area contributed by atoms with E-state index in [4.69, 9.17) is 0 Å². The van der Waals surface area contributed by atoms with E-state index in [0.717, 1.165) is 5.56 Å². The molecule has 2 N–H and O–H groups in total. The van der Waals surface area contributed by atoms with Gasteiger partial charge in [0.05, 0.1) is 12.1 Å². The number of aliphatic hydroxyl groups is 1. The van der Waals surface area contributed by atoms with E-state index >= 15 is 0 Å². The van der Waals surface area contributed by atoms with Gasteiger partial charge in [0.1, 0.15) is 0 Å². The highest BCUT2D eigenvalue weighted by Gasteiger charge is 2.30. The lowest BCUT2D eigenvalue weighted by Gasteiger charge is -2.22. The molecule has 96 valence electrons. The minimum atomic E-state index is -0.604. The summed E-state index contributed by atoms with van der Waals surface area (Å²) in [7, 11) is 0. The van der Waals surface area contributed by atoms with Gasteiger partial charge < -0.3 is 5.11 Å². The second kappa shape index (κ2) is 5.33. The maximum absolute atomic E-state index is 11.1. The summed E-state index contributed by atoms with van der Waals surface area (Å²) >= 11 is 0. The van der Waals surface area contributed by atoms with Crippen LogP contribution < -0.4 is 0 Å². The summed E-state index contributed by atoms with van der Waals surface area (Å²) in [5.74, 6) is -0.467. The number of carbonyl (C=O) groups is 1. The Morgan fingerprint density at radius 1 is 1.33 bits per heavy atom. The number of rotatable bonds is 3. The normalized spacial score (nSPS) is 23.9. The average Bonchev–Trinajstić information content (AvgIpc) is 2.87. The Bertz CT molecular complexity index is 444. The fraction of sp³-hybridized carbons (Fsp3) is 0.357. The van der Waals surface area contributed by atoms with E-state index in [1.165, 1.54) is 6.92 Å². The van der Waals surface area contributed by atoms with Crippen LogP contribution in [0.4, 0.5) is 0 Å². The molecule has 0 aliphatic heterocycles. The zero-order valence-corrected chi connectivity index (χ0v) is 10.2. The molecule has 0 saturated heterocycles. The smallest absolute Gasteiger partial charge is 0.243 e. The molecule has 0 aromatic heterocycles. The van der Waals surface area contributed by atoms with E-state index in [9.17, 15) is 15.1 Å². The van der Waals surface area contributed by atoms with E-state index in [1.807, 2.05) is 36.4 Å². The third-order valence-corrected chi connectivity index (χ3v) is 3.28. The topological polar surface area (TPSA) is 60.8 Å². The molecule has 1 aliphatic rings. The van der Waals surface area contributed by atoms with Crippen molar-refractivity contribution in [1.29, 1.82) is 0 Å². The summed E-state index contributed by atoms with van der Waals surface area (Å²) in [6, 6.07) is 9.05. The lowest BCUT2D eigenvalue weighted by Crippen LogP contribution is -2.34. The predicted octanol–water partition coefficient (Wildman–Crippen LogP) is 1.90. The Morgan fingerprint density at radius 3 is 2.61 bits per heavy atom. The van der Waals surface area contributed by atoms with Gasteiger partial charge in [-0.3, -0.25) is 10.0 Å².